The van der Waals surface area contributed by atoms with Gasteiger partial charge >= 0.3 is 0 Å². The van der Waals surface area contributed by atoms with E-state index in [9.17, 15) is 18.3 Å². The molecule has 1 rings (SSSR count). The van der Waals surface area contributed by atoms with Crippen LogP contribution in [0.3, 0.4) is 0 Å². The third-order valence-electron chi connectivity index (χ3n) is 1.44. The summed E-state index contributed by atoms with van der Waals surface area (Å²) in [6, 6.07) is 1.08. The molecule has 0 unspecified atom stereocenters. The lowest BCUT2D eigenvalue weighted by Gasteiger charge is -2.21. The number of nitrogens with one attached hydrogen (secondary N) is 1. The first-order valence-electron chi connectivity index (χ1n) is 3.95. The molecule has 0 aliphatic rings. The number of aliphatic hydroxyl groups is 1. The van der Waals surface area contributed by atoms with Gasteiger partial charge in [-0.1, -0.05) is 0 Å². The Labute approximate surface area is 79.4 Å². The van der Waals surface area contributed by atoms with E-state index >= 15 is 0 Å². The zero-order chi connectivity index (χ0) is 10.9. The number of benzene rings is 1. The highest BCUT2D eigenvalue weighted by Gasteiger charge is 2.18. The molecule has 14 heavy (non-hydrogen) atoms. The molecule has 0 fully saturated rings. The lowest BCUT2D eigenvalue weighted by atomic mass is 10.2. The van der Waals surface area contributed by atoms with Gasteiger partial charge in [-0.2, -0.15) is 0 Å². The fraction of sp³-hybridized carbons (Fsp3) is 0.333. The average Bonchev–Trinajstić information content (AvgIpc) is 1.95. The molecule has 0 heterocycles. The molecule has 0 atom stereocenters. The van der Waals surface area contributed by atoms with Crippen LogP contribution in [0.15, 0.2) is 12.1 Å². The van der Waals surface area contributed by atoms with Crippen molar-refractivity contribution in [3.05, 3.63) is 29.6 Å². The highest BCUT2D eigenvalue weighted by molar-refractivity contribution is 5.47. The van der Waals surface area contributed by atoms with Gasteiger partial charge in [-0.05, 0) is 13.8 Å². The van der Waals surface area contributed by atoms with E-state index in [1.165, 1.54) is 13.8 Å². The maximum atomic E-state index is 13.0. The van der Waals surface area contributed by atoms with Crippen molar-refractivity contribution >= 4 is 5.69 Å². The summed E-state index contributed by atoms with van der Waals surface area (Å²) in [5.74, 6) is -3.16. The monoisotopic (exact) mass is 205 g/mol. The molecule has 0 aromatic heterocycles. The first kappa shape index (κ1) is 10.8. The Morgan fingerprint density at radius 1 is 1.14 bits per heavy atom. The van der Waals surface area contributed by atoms with E-state index in [-0.39, 0.29) is 0 Å². The third kappa shape index (κ3) is 2.63. The molecule has 78 valence electrons. The Hall–Kier alpha value is -1.23. The second kappa shape index (κ2) is 3.49. The van der Waals surface area contributed by atoms with E-state index in [2.05, 4.69) is 5.32 Å². The molecule has 1 aromatic carbocycles. The lowest BCUT2D eigenvalue weighted by molar-refractivity contribution is 0.110. The summed E-state index contributed by atoms with van der Waals surface area (Å²) < 4.78 is 38.4. The van der Waals surface area contributed by atoms with Crippen LogP contribution in [0.4, 0.5) is 18.9 Å². The van der Waals surface area contributed by atoms with Crippen LogP contribution < -0.4 is 5.32 Å². The van der Waals surface area contributed by atoms with Gasteiger partial charge in [0.1, 0.15) is 17.2 Å². The van der Waals surface area contributed by atoms with Crippen LogP contribution in [-0.4, -0.2) is 10.8 Å². The Bertz CT molecular complexity index is 323. The van der Waals surface area contributed by atoms with Gasteiger partial charge in [0, 0.05) is 12.1 Å². The van der Waals surface area contributed by atoms with Gasteiger partial charge in [-0.25, -0.2) is 13.2 Å². The third-order valence-corrected chi connectivity index (χ3v) is 1.44. The van der Waals surface area contributed by atoms with Crippen molar-refractivity contribution in [2.75, 3.05) is 5.32 Å². The minimum Gasteiger partial charge on any atom is -0.372 e. The van der Waals surface area contributed by atoms with E-state index in [0.717, 1.165) is 0 Å². The highest BCUT2D eigenvalue weighted by atomic mass is 19.1. The molecule has 0 saturated heterocycles. The van der Waals surface area contributed by atoms with E-state index in [0.29, 0.717) is 12.1 Å². The molecular formula is C9H10F3NO. The van der Waals surface area contributed by atoms with Gasteiger partial charge in [0.15, 0.2) is 11.6 Å². The molecule has 0 radical (unpaired) electrons. The summed E-state index contributed by atoms with van der Waals surface area (Å²) in [5.41, 5.74) is -2.02. The zero-order valence-electron chi connectivity index (χ0n) is 7.74. The predicted octanol–water partition coefficient (Wildman–Crippen LogP) is 2.24. The van der Waals surface area contributed by atoms with Gasteiger partial charge < -0.3 is 10.4 Å². The number of rotatable bonds is 2. The van der Waals surface area contributed by atoms with Crippen molar-refractivity contribution in [1.82, 2.24) is 0 Å². The summed E-state index contributed by atoms with van der Waals surface area (Å²) in [6.45, 7) is 2.63. The highest BCUT2D eigenvalue weighted by Crippen LogP contribution is 2.22. The summed E-state index contributed by atoms with van der Waals surface area (Å²) in [6.07, 6.45) is 0. The first-order chi connectivity index (χ1) is 6.29. The Morgan fingerprint density at radius 2 is 1.57 bits per heavy atom. The predicted molar refractivity (Wildman–Crippen MR) is 46.2 cm³/mol. The Kier molecular flexibility index (Phi) is 2.71. The molecule has 0 bridgehead atoms. The largest absolute Gasteiger partial charge is 0.372 e. The average molecular weight is 205 g/mol. The maximum absolute atomic E-state index is 13.0. The van der Waals surface area contributed by atoms with Crippen molar-refractivity contribution in [3.63, 3.8) is 0 Å². The second-order valence-corrected chi connectivity index (χ2v) is 3.43. The van der Waals surface area contributed by atoms with Crippen LogP contribution in [0.5, 0.6) is 0 Å². The molecular weight excluding hydrogens is 195 g/mol. The number of halogens is 3. The lowest BCUT2D eigenvalue weighted by Crippen LogP contribution is -2.31. The molecule has 0 aliphatic carbocycles. The van der Waals surface area contributed by atoms with Gasteiger partial charge in [0.05, 0.1) is 0 Å². The van der Waals surface area contributed by atoms with Crippen molar-refractivity contribution in [2.24, 2.45) is 0 Å². The van der Waals surface area contributed by atoms with Gasteiger partial charge in [0.2, 0.25) is 0 Å². The molecule has 1 aromatic rings. The fourth-order valence-electron chi connectivity index (χ4n) is 0.968. The number of hydrogen-bond acceptors (Lipinski definition) is 2. The summed E-state index contributed by atoms with van der Waals surface area (Å²) in [7, 11) is 0. The first-order valence-corrected chi connectivity index (χ1v) is 3.95. The van der Waals surface area contributed by atoms with Crippen LogP contribution in [0, 0.1) is 17.5 Å². The van der Waals surface area contributed by atoms with Crippen LogP contribution in [0.25, 0.3) is 0 Å². The number of anilines is 1. The van der Waals surface area contributed by atoms with E-state index in [1.54, 1.807) is 0 Å². The van der Waals surface area contributed by atoms with Crippen molar-refractivity contribution in [1.29, 1.82) is 0 Å². The van der Waals surface area contributed by atoms with Gasteiger partial charge in [-0.3, -0.25) is 0 Å². The Morgan fingerprint density at radius 3 is 1.93 bits per heavy atom. The van der Waals surface area contributed by atoms with Gasteiger partial charge in [0.25, 0.3) is 0 Å². The molecule has 0 saturated carbocycles. The molecule has 0 spiro atoms. The second-order valence-electron chi connectivity index (χ2n) is 3.43. The summed E-state index contributed by atoms with van der Waals surface area (Å²) in [5, 5.41) is 11.4. The van der Waals surface area contributed by atoms with Crippen LogP contribution in [0.1, 0.15) is 13.8 Å². The molecule has 0 aliphatic heterocycles. The zero-order valence-corrected chi connectivity index (χ0v) is 7.74. The minimum atomic E-state index is -1.47. The molecule has 2 N–H and O–H groups in total. The topological polar surface area (TPSA) is 32.3 Å². The maximum Gasteiger partial charge on any atom is 0.152 e. The summed E-state index contributed by atoms with van der Waals surface area (Å²) >= 11 is 0. The smallest absolute Gasteiger partial charge is 0.152 e. The minimum absolute atomic E-state index is 0.539. The van der Waals surface area contributed by atoms with E-state index in [4.69, 9.17) is 0 Å². The summed E-state index contributed by atoms with van der Waals surface area (Å²) in [4.78, 5) is 0. The molecule has 0 amide bonds. The normalized spacial score (nSPS) is 11.6. The SMILES string of the molecule is CC(C)(O)Nc1c(F)cc(F)cc1F. The van der Waals surface area contributed by atoms with Crippen LogP contribution in [-0.2, 0) is 0 Å². The quantitative estimate of drug-likeness (QED) is 0.726. The van der Waals surface area contributed by atoms with Crippen molar-refractivity contribution < 1.29 is 18.3 Å². The standard InChI is InChI=1S/C9H10F3NO/c1-9(2,14)13-8-6(11)3-5(10)4-7(8)12/h3-4,13-14H,1-2H3. The number of hydrogen-bond donors (Lipinski definition) is 2. The van der Waals surface area contributed by atoms with Crippen LogP contribution >= 0.6 is 0 Å². The van der Waals surface area contributed by atoms with E-state index in [1.807, 2.05) is 0 Å². The fourth-order valence-corrected chi connectivity index (χ4v) is 0.968. The molecule has 2 nitrogen and oxygen atoms in total. The van der Waals surface area contributed by atoms with Gasteiger partial charge in [-0.15, -0.1) is 0 Å². The van der Waals surface area contributed by atoms with E-state index < -0.39 is 28.9 Å². The van der Waals surface area contributed by atoms with Crippen molar-refractivity contribution in [3.8, 4) is 0 Å². The molecule has 5 heteroatoms. The van der Waals surface area contributed by atoms with Crippen molar-refractivity contribution in [2.45, 2.75) is 19.6 Å². The van der Waals surface area contributed by atoms with Crippen LogP contribution in [0.2, 0.25) is 0 Å². The Balaban J connectivity index is 3.09.